The van der Waals surface area contributed by atoms with Crippen LogP contribution in [0.1, 0.15) is 44.7 Å². The molecule has 0 N–H and O–H groups in total. The lowest BCUT2D eigenvalue weighted by molar-refractivity contribution is -0.496. The molecule has 1 aromatic rings. The van der Waals surface area contributed by atoms with Crippen LogP contribution in [0.3, 0.4) is 0 Å². The molecule has 1 aromatic carbocycles. The van der Waals surface area contributed by atoms with E-state index in [2.05, 4.69) is 42.8 Å². The molecule has 0 atom stereocenters. The van der Waals surface area contributed by atoms with Crippen molar-refractivity contribution < 1.29 is 4.58 Å². The summed E-state index contributed by atoms with van der Waals surface area (Å²) in [5.74, 6) is 0. The molecule has 3 rings (SSSR count). The van der Waals surface area contributed by atoms with Crippen LogP contribution in [0.25, 0.3) is 5.57 Å². The average molecular weight is 242 g/mol. The summed E-state index contributed by atoms with van der Waals surface area (Å²) in [6.45, 7) is 7.45. The number of likely N-dealkylation sites (N-methyl/N-ethyl adjacent to an activating group) is 1. The van der Waals surface area contributed by atoms with E-state index in [0.29, 0.717) is 0 Å². The molecular weight excluding hydrogens is 218 g/mol. The Morgan fingerprint density at radius 1 is 1.00 bits per heavy atom. The maximum Gasteiger partial charge on any atom is 0.183 e. The van der Waals surface area contributed by atoms with Crippen LogP contribution < -0.4 is 0 Å². The van der Waals surface area contributed by atoms with Gasteiger partial charge in [-0.2, -0.15) is 0 Å². The SMILES string of the molecule is CC.CC1=C2C(=[N+](C)CCc3ccccc32)CC1. The molecule has 0 saturated heterocycles. The summed E-state index contributed by atoms with van der Waals surface area (Å²) < 4.78 is 2.45. The van der Waals surface area contributed by atoms with E-state index in [4.69, 9.17) is 0 Å². The first kappa shape index (κ1) is 13.1. The molecular formula is C17H24N+. The summed E-state index contributed by atoms with van der Waals surface area (Å²) in [5, 5.41) is 0. The maximum atomic E-state index is 2.45. The number of benzene rings is 1. The molecule has 0 aromatic heterocycles. The zero-order valence-corrected chi connectivity index (χ0v) is 12.1. The number of rotatable bonds is 0. The zero-order valence-electron chi connectivity index (χ0n) is 12.1. The third-order valence-corrected chi connectivity index (χ3v) is 3.92. The minimum absolute atomic E-state index is 1.16. The predicted molar refractivity (Wildman–Crippen MR) is 79.4 cm³/mol. The average Bonchev–Trinajstić information content (AvgIpc) is 2.73. The Labute approximate surface area is 111 Å². The first-order valence-electron chi connectivity index (χ1n) is 7.13. The summed E-state index contributed by atoms with van der Waals surface area (Å²) in [6, 6.07) is 8.90. The highest BCUT2D eigenvalue weighted by molar-refractivity contribution is 6.24. The van der Waals surface area contributed by atoms with Crippen LogP contribution in [0.2, 0.25) is 0 Å². The second-order valence-electron chi connectivity index (χ2n) is 4.93. The lowest BCUT2D eigenvalue weighted by atomic mass is 9.96. The monoisotopic (exact) mass is 242 g/mol. The van der Waals surface area contributed by atoms with Gasteiger partial charge in [-0.3, -0.25) is 0 Å². The molecule has 0 unspecified atom stereocenters. The van der Waals surface area contributed by atoms with E-state index in [1.807, 2.05) is 13.8 Å². The molecule has 1 heterocycles. The van der Waals surface area contributed by atoms with E-state index in [-0.39, 0.29) is 0 Å². The molecule has 96 valence electrons. The van der Waals surface area contributed by atoms with Gasteiger partial charge in [-0.15, -0.1) is 0 Å². The first-order valence-corrected chi connectivity index (χ1v) is 7.13. The third kappa shape index (κ3) is 2.14. The van der Waals surface area contributed by atoms with Gasteiger partial charge in [0.2, 0.25) is 0 Å². The van der Waals surface area contributed by atoms with Crippen molar-refractivity contribution in [3.05, 3.63) is 41.0 Å². The topological polar surface area (TPSA) is 3.01 Å². The van der Waals surface area contributed by atoms with E-state index >= 15 is 0 Å². The zero-order chi connectivity index (χ0) is 13.1. The number of allylic oxidation sites excluding steroid dienone is 2. The summed E-state index contributed by atoms with van der Waals surface area (Å²) in [6.07, 6.45) is 3.64. The quantitative estimate of drug-likeness (QED) is 0.607. The van der Waals surface area contributed by atoms with E-state index in [0.717, 1.165) is 6.54 Å². The highest BCUT2D eigenvalue weighted by Gasteiger charge is 2.30. The van der Waals surface area contributed by atoms with Crippen LogP contribution in [0, 0.1) is 0 Å². The van der Waals surface area contributed by atoms with Gasteiger partial charge >= 0.3 is 0 Å². The minimum atomic E-state index is 1.16. The van der Waals surface area contributed by atoms with Crippen molar-refractivity contribution in [2.45, 2.75) is 40.0 Å². The maximum absolute atomic E-state index is 2.45. The largest absolute Gasteiger partial charge is 0.235 e. The second kappa shape index (κ2) is 5.51. The molecule has 0 radical (unpaired) electrons. The molecule has 0 fully saturated rings. The van der Waals surface area contributed by atoms with Crippen LogP contribution in [-0.4, -0.2) is 23.9 Å². The number of nitrogens with zero attached hydrogens (tertiary/aromatic N) is 1. The molecule has 0 amide bonds. The lowest BCUT2D eigenvalue weighted by Crippen LogP contribution is -2.16. The van der Waals surface area contributed by atoms with Crippen molar-refractivity contribution in [2.24, 2.45) is 0 Å². The number of hydrogen-bond acceptors (Lipinski definition) is 0. The molecule has 1 aliphatic heterocycles. The fourth-order valence-corrected chi connectivity index (χ4v) is 2.97. The van der Waals surface area contributed by atoms with Crippen LogP contribution in [-0.2, 0) is 6.42 Å². The van der Waals surface area contributed by atoms with Gasteiger partial charge in [-0.25, -0.2) is 4.58 Å². The highest BCUT2D eigenvalue weighted by Crippen LogP contribution is 2.34. The Balaban J connectivity index is 0.000000574. The smallest absolute Gasteiger partial charge is 0.183 e. The highest BCUT2D eigenvalue weighted by atomic mass is 15.0. The Morgan fingerprint density at radius 2 is 1.72 bits per heavy atom. The van der Waals surface area contributed by atoms with Gasteiger partial charge in [0, 0.05) is 18.4 Å². The van der Waals surface area contributed by atoms with Gasteiger partial charge in [0.25, 0.3) is 0 Å². The summed E-state index contributed by atoms with van der Waals surface area (Å²) in [4.78, 5) is 0. The van der Waals surface area contributed by atoms with Crippen molar-refractivity contribution >= 4 is 11.3 Å². The lowest BCUT2D eigenvalue weighted by Gasteiger charge is -2.06. The van der Waals surface area contributed by atoms with Gasteiger partial charge in [-0.05, 0) is 24.5 Å². The normalized spacial score (nSPS) is 17.8. The summed E-state index contributed by atoms with van der Waals surface area (Å²) >= 11 is 0. The third-order valence-electron chi connectivity index (χ3n) is 3.92. The van der Waals surface area contributed by atoms with Gasteiger partial charge in [-0.1, -0.05) is 43.7 Å². The van der Waals surface area contributed by atoms with Crippen LogP contribution >= 0.6 is 0 Å². The molecule has 18 heavy (non-hydrogen) atoms. The molecule has 0 spiro atoms. The fourth-order valence-electron chi connectivity index (χ4n) is 2.97. The van der Waals surface area contributed by atoms with E-state index in [1.165, 1.54) is 36.0 Å². The van der Waals surface area contributed by atoms with Crippen molar-refractivity contribution in [3.63, 3.8) is 0 Å². The van der Waals surface area contributed by atoms with Crippen LogP contribution in [0.15, 0.2) is 29.8 Å². The number of fused-ring (bicyclic) bond motifs is 3. The van der Waals surface area contributed by atoms with E-state index in [1.54, 1.807) is 11.3 Å². The summed E-state index contributed by atoms with van der Waals surface area (Å²) in [5.41, 5.74) is 7.66. The standard InChI is InChI=1S/C15H18N.C2H6/c1-11-7-8-14-15(11)13-6-4-3-5-12(13)9-10-16(14)2;1-2/h3-6H,7-10H2,1-2H3;1-2H3/q+1;. The Hall–Kier alpha value is -1.37. The Bertz CT molecular complexity index is 506. The van der Waals surface area contributed by atoms with Crippen molar-refractivity contribution in [3.8, 4) is 0 Å². The molecule has 1 heteroatoms. The Kier molecular flexibility index (Phi) is 4.00. The van der Waals surface area contributed by atoms with Gasteiger partial charge < -0.3 is 0 Å². The van der Waals surface area contributed by atoms with Crippen LogP contribution in [0.4, 0.5) is 0 Å². The molecule has 2 aliphatic rings. The molecule has 0 bridgehead atoms. The fraction of sp³-hybridized carbons (Fsp3) is 0.471. The van der Waals surface area contributed by atoms with Crippen LogP contribution in [0.5, 0.6) is 0 Å². The Morgan fingerprint density at radius 3 is 2.50 bits per heavy atom. The summed E-state index contributed by atoms with van der Waals surface area (Å²) in [7, 11) is 2.24. The molecule has 1 aliphatic carbocycles. The van der Waals surface area contributed by atoms with Gasteiger partial charge in [0.1, 0.15) is 13.6 Å². The molecule has 1 nitrogen and oxygen atoms in total. The van der Waals surface area contributed by atoms with Crippen molar-refractivity contribution in [1.29, 1.82) is 0 Å². The van der Waals surface area contributed by atoms with Crippen molar-refractivity contribution in [1.82, 2.24) is 0 Å². The predicted octanol–water partition coefficient (Wildman–Crippen LogP) is 3.92. The minimum Gasteiger partial charge on any atom is -0.235 e. The van der Waals surface area contributed by atoms with Gasteiger partial charge in [0.15, 0.2) is 5.71 Å². The molecule has 0 saturated carbocycles. The van der Waals surface area contributed by atoms with Gasteiger partial charge in [0.05, 0.1) is 0 Å². The first-order chi connectivity index (χ1) is 8.77. The van der Waals surface area contributed by atoms with Crippen molar-refractivity contribution in [2.75, 3.05) is 13.6 Å². The van der Waals surface area contributed by atoms with E-state index in [9.17, 15) is 0 Å². The van der Waals surface area contributed by atoms with E-state index < -0.39 is 0 Å². The second-order valence-corrected chi connectivity index (χ2v) is 4.93. The number of hydrogen-bond donors (Lipinski definition) is 0.